The van der Waals surface area contributed by atoms with Crippen molar-refractivity contribution < 1.29 is 56.8 Å². The molecule has 3 heterocycles. The molecule has 0 unspecified atom stereocenters. The van der Waals surface area contributed by atoms with Gasteiger partial charge in [-0.3, -0.25) is 18.9 Å². The van der Waals surface area contributed by atoms with Crippen LogP contribution >= 0.6 is 11.6 Å². The van der Waals surface area contributed by atoms with Crippen LogP contribution in [0.15, 0.2) is 42.5 Å². The number of benzene rings is 2. The van der Waals surface area contributed by atoms with Crippen LogP contribution < -0.4 is 10.0 Å². The average Bonchev–Trinajstić information content (AvgIpc) is 3.58. The molecule has 2 N–H and O–H groups in total. The molecule has 3 aliphatic rings. The van der Waals surface area contributed by atoms with E-state index < -0.39 is 126 Å². The molecule has 1 saturated carbocycles. The lowest BCUT2D eigenvalue weighted by molar-refractivity contribution is -0.123. The smallest absolute Gasteiger partial charge is 0.294 e. The molecule has 3 aromatic heterocycles. The summed E-state index contributed by atoms with van der Waals surface area (Å²) in [5, 5.41) is 9.53. The van der Waals surface area contributed by atoms with Gasteiger partial charge in [-0.2, -0.15) is 19.0 Å². The van der Waals surface area contributed by atoms with Gasteiger partial charge in [-0.05, 0) is 74.9 Å². The number of nitrogens with one attached hydrogen (secondary N) is 2. The Balaban J connectivity index is 1.32. The first-order valence-electron chi connectivity index (χ1n) is 20.1. The largest absolute Gasteiger partial charge is 0.346 e. The number of aromatic nitrogens is 5. The molecule has 3 aliphatic carbocycles. The average molecular weight is 982 g/mol. The van der Waals surface area contributed by atoms with Crippen molar-refractivity contribution in [2.24, 2.45) is 5.92 Å². The summed E-state index contributed by atoms with van der Waals surface area (Å²) in [5.41, 5.74) is -3.02. The van der Waals surface area contributed by atoms with E-state index >= 15 is 8.78 Å². The predicted molar refractivity (Wildman–Crippen MR) is 226 cm³/mol. The molecule has 5 aromatic rings. The molecular formula is C43H36ClF8N7O5S2. The first-order chi connectivity index (χ1) is 30.9. The van der Waals surface area contributed by atoms with E-state index in [-0.39, 0.29) is 50.4 Å². The molecule has 66 heavy (non-hydrogen) atoms. The van der Waals surface area contributed by atoms with Crippen molar-refractivity contribution in [2.75, 3.05) is 11.0 Å². The van der Waals surface area contributed by atoms with Gasteiger partial charge in [0.15, 0.2) is 15.7 Å². The van der Waals surface area contributed by atoms with Crippen molar-refractivity contribution in [1.82, 2.24) is 29.9 Å². The number of nitrogens with zero attached hydrogens (tertiary/aromatic N) is 5. The van der Waals surface area contributed by atoms with Gasteiger partial charge in [0.05, 0.1) is 51.0 Å². The topological polar surface area (TPSA) is 158 Å². The van der Waals surface area contributed by atoms with E-state index in [4.69, 9.17) is 11.6 Å². The van der Waals surface area contributed by atoms with E-state index in [1.165, 1.54) is 38.1 Å². The van der Waals surface area contributed by atoms with Gasteiger partial charge in [0.1, 0.15) is 46.6 Å². The Labute approximate surface area is 377 Å². The van der Waals surface area contributed by atoms with Crippen molar-refractivity contribution in [3.8, 4) is 34.8 Å². The molecule has 1 amide bonds. The molecule has 0 saturated heterocycles. The Morgan fingerprint density at radius 2 is 1.67 bits per heavy atom. The summed E-state index contributed by atoms with van der Waals surface area (Å²) in [6.07, 6.45) is -5.52. The molecule has 0 radical (unpaired) electrons. The zero-order valence-corrected chi connectivity index (χ0v) is 37.1. The van der Waals surface area contributed by atoms with E-state index in [9.17, 15) is 48.0 Å². The lowest BCUT2D eigenvalue weighted by Gasteiger charge is -2.24. The van der Waals surface area contributed by atoms with Crippen LogP contribution in [-0.4, -0.2) is 70.0 Å². The van der Waals surface area contributed by atoms with Crippen molar-refractivity contribution in [3.63, 3.8) is 0 Å². The molecule has 0 aliphatic heterocycles. The molecule has 8 rings (SSSR count). The Morgan fingerprint density at radius 3 is 2.30 bits per heavy atom. The highest BCUT2D eigenvalue weighted by Crippen LogP contribution is 2.57. The fourth-order valence-corrected chi connectivity index (χ4v) is 10.9. The number of anilines is 1. The van der Waals surface area contributed by atoms with Crippen molar-refractivity contribution in [2.45, 2.75) is 93.4 Å². The number of fused-ring (bicyclic) bond motifs is 4. The van der Waals surface area contributed by atoms with Gasteiger partial charge in [-0.15, -0.1) is 5.92 Å². The number of hydrogen-bond acceptors (Lipinski definition) is 8. The molecule has 0 bridgehead atoms. The van der Waals surface area contributed by atoms with Crippen LogP contribution in [0, 0.1) is 41.2 Å². The second kappa shape index (κ2) is 16.9. The molecule has 1 fully saturated rings. The van der Waals surface area contributed by atoms with Crippen molar-refractivity contribution in [1.29, 1.82) is 0 Å². The first kappa shape index (κ1) is 46.8. The predicted octanol–water partition coefficient (Wildman–Crippen LogP) is 7.82. The molecule has 12 nitrogen and oxygen atoms in total. The summed E-state index contributed by atoms with van der Waals surface area (Å²) in [7, 11) is -7.85. The minimum Gasteiger partial charge on any atom is -0.346 e. The molecule has 348 valence electrons. The number of sulfone groups is 1. The molecule has 0 spiro atoms. The summed E-state index contributed by atoms with van der Waals surface area (Å²) in [6, 6.07) is 6.19. The highest BCUT2D eigenvalue weighted by atomic mass is 35.5. The Kier molecular flexibility index (Phi) is 12.0. The maximum atomic E-state index is 15.9. The van der Waals surface area contributed by atoms with Crippen molar-refractivity contribution in [3.05, 3.63) is 93.0 Å². The highest BCUT2D eigenvalue weighted by molar-refractivity contribution is 7.93. The first-order valence-corrected chi connectivity index (χ1v) is 23.9. The standard InChI is InChI=1S/C43H36ClF8N7O5S2/c1-42(2,66(63,64)25-8-9-25)14-13-24-7-10-26(27-11-12-30(44)35-38(27)58(19-32(47)48)56-41(35)57-65(3,61)62)36(53-24)31(17-21-15-22(45)18-23(46)16-21)54-33(60)20-59-39-34(37(55-59)40(49)50)28-5-4-6-29(28)43(39,51)52/h7,10-12,15-16,18,25,28-29,31-32,40H,6,8-9,17,19-20H2,1-3H3,(H,54,60)(H,56,57)/t28-,29+,31-/m0/s1. The zero-order valence-electron chi connectivity index (χ0n) is 34.7. The third-order valence-electron chi connectivity index (χ3n) is 11.4. The third kappa shape index (κ3) is 8.82. The van der Waals surface area contributed by atoms with Crippen molar-refractivity contribution >= 4 is 54.1 Å². The van der Waals surface area contributed by atoms with E-state index in [1.807, 2.05) is 0 Å². The Morgan fingerprint density at radius 1 is 0.985 bits per heavy atom. The van der Waals surface area contributed by atoms with Crippen LogP contribution in [0.5, 0.6) is 0 Å². The monoisotopic (exact) mass is 981 g/mol. The quantitative estimate of drug-likeness (QED) is 0.0843. The van der Waals surface area contributed by atoms with E-state index in [0.29, 0.717) is 23.6 Å². The number of sulfonamides is 1. The normalized spacial score (nSPS) is 18.2. The van der Waals surface area contributed by atoms with Gasteiger partial charge in [-0.25, -0.2) is 48.2 Å². The van der Waals surface area contributed by atoms with Gasteiger partial charge < -0.3 is 5.32 Å². The second-order valence-corrected chi connectivity index (χ2v) is 21.6. The number of pyridine rings is 1. The molecule has 2 aromatic carbocycles. The second-order valence-electron chi connectivity index (χ2n) is 16.7. The van der Waals surface area contributed by atoms with Gasteiger partial charge in [0.25, 0.3) is 18.8 Å². The third-order valence-corrected chi connectivity index (χ3v) is 15.2. The SMILES string of the molecule is CC(C)(C#Cc1ccc(-c2ccc(Cl)c3c(NS(C)(=O)=O)nn(CC(F)F)c23)c([C@H](Cc2cc(F)cc(F)c2)NC(=O)Cn2nc(C(F)F)c3c2C(F)(F)[C@@H]2CC#C[C@H]32)n1)S(=O)(=O)C1CC1. The van der Waals surface area contributed by atoms with Crippen LogP contribution in [0.2, 0.25) is 5.02 Å². The minimum absolute atomic E-state index is 0.00816. The fourth-order valence-electron chi connectivity index (χ4n) is 8.39. The minimum atomic E-state index is -4.09. The number of amides is 1. The van der Waals surface area contributed by atoms with Crippen LogP contribution in [-0.2, 0) is 50.1 Å². The van der Waals surface area contributed by atoms with Crippen LogP contribution in [0.1, 0.15) is 85.4 Å². The Bertz CT molecular complexity index is 3170. The highest BCUT2D eigenvalue weighted by Gasteiger charge is 2.59. The van der Waals surface area contributed by atoms with E-state index in [2.05, 4.69) is 48.9 Å². The lowest BCUT2D eigenvalue weighted by Crippen LogP contribution is -2.35. The number of hydrogen-bond donors (Lipinski definition) is 2. The summed E-state index contributed by atoms with van der Waals surface area (Å²) < 4.78 is 172. The summed E-state index contributed by atoms with van der Waals surface area (Å²) in [4.78, 5) is 18.9. The van der Waals surface area contributed by atoms with E-state index in [1.54, 1.807) is 0 Å². The Hall–Kier alpha value is -5.71. The maximum Gasteiger partial charge on any atom is 0.294 e. The number of halogens is 9. The van der Waals surface area contributed by atoms with E-state index in [0.717, 1.165) is 23.1 Å². The summed E-state index contributed by atoms with van der Waals surface area (Å²) >= 11 is 6.57. The molecular weight excluding hydrogens is 946 g/mol. The van der Waals surface area contributed by atoms with Crippen LogP contribution in [0.4, 0.5) is 40.9 Å². The number of rotatable bonds is 14. The zero-order chi connectivity index (χ0) is 47.8. The summed E-state index contributed by atoms with van der Waals surface area (Å²) in [6.45, 7) is 0.619. The van der Waals surface area contributed by atoms with Gasteiger partial charge in [-0.1, -0.05) is 29.5 Å². The molecule has 3 atom stereocenters. The summed E-state index contributed by atoms with van der Waals surface area (Å²) in [5.74, 6) is 0.416. The van der Waals surface area contributed by atoms with Crippen LogP contribution in [0.25, 0.3) is 22.0 Å². The number of alkyl halides is 6. The van der Waals surface area contributed by atoms with Gasteiger partial charge in [0.2, 0.25) is 15.9 Å². The maximum absolute atomic E-state index is 15.9. The lowest BCUT2D eigenvalue weighted by atomic mass is 9.93. The number of carbonyl (C=O) groups is 1. The van der Waals surface area contributed by atoms with Gasteiger partial charge in [0, 0.05) is 29.2 Å². The fraction of sp³-hybridized carbons (Fsp3) is 0.395. The number of carbonyl (C=O) groups excluding carboxylic acids is 1. The molecule has 23 heteroatoms. The van der Waals surface area contributed by atoms with Gasteiger partial charge >= 0.3 is 0 Å². The van der Waals surface area contributed by atoms with Crippen LogP contribution in [0.3, 0.4) is 0 Å².